The second-order valence-electron chi connectivity index (χ2n) is 5.68. The SMILES string of the molecule is Cc1cc(Cl)ccc1C(CN)N(C)CC1CCCCO1. The molecule has 1 aliphatic heterocycles. The second-order valence-corrected chi connectivity index (χ2v) is 6.12. The van der Waals surface area contributed by atoms with Crippen molar-refractivity contribution in [3.63, 3.8) is 0 Å². The van der Waals surface area contributed by atoms with Gasteiger partial charge >= 0.3 is 0 Å². The van der Waals surface area contributed by atoms with Crippen molar-refractivity contribution in [1.82, 2.24) is 4.90 Å². The first kappa shape index (κ1) is 15.8. The van der Waals surface area contributed by atoms with Gasteiger partial charge in [-0.15, -0.1) is 0 Å². The van der Waals surface area contributed by atoms with E-state index in [1.54, 1.807) is 0 Å². The van der Waals surface area contributed by atoms with E-state index in [0.717, 1.165) is 24.6 Å². The van der Waals surface area contributed by atoms with Gasteiger partial charge in [0.25, 0.3) is 0 Å². The monoisotopic (exact) mass is 296 g/mol. The van der Waals surface area contributed by atoms with Crippen LogP contribution in [0.1, 0.15) is 36.4 Å². The first-order valence-electron chi connectivity index (χ1n) is 7.39. The first-order chi connectivity index (χ1) is 9.61. The number of aryl methyl sites for hydroxylation is 1. The van der Waals surface area contributed by atoms with Gasteiger partial charge in [0.1, 0.15) is 0 Å². The van der Waals surface area contributed by atoms with Gasteiger partial charge in [-0.3, -0.25) is 4.90 Å². The van der Waals surface area contributed by atoms with Gasteiger partial charge in [-0.25, -0.2) is 0 Å². The molecule has 0 aromatic heterocycles. The van der Waals surface area contributed by atoms with Crippen LogP contribution in [-0.2, 0) is 4.74 Å². The van der Waals surface area contributed by atoms with E-state index in [2.05, 4.69) is 24.9 Å². The second kappa shape index (κ2) is 7.41. The molecule has 4 heteroatoms. The standard InChI is InChI=1S/C16H25ClN2O/c1-12-9-13(17)6-7-15(12)16(10-18)19(2)11-14-5-3-4-8-20-14/h6-7,9,14,16H,3-5,8,10-11,18H2,1-2H3. The molecule has 1 aromatic rings. The summed E-state index contributed by atoms with van der Waals surface area (Å²) in [5, 5.41) is 0.778. The van der Waals surface area contributed by atoms with Crippen LogP contribution < -0.4 is 5.73 Å². The molecule has 1 aliphatic rings. The van der Waals surface area contributed by atoms with Gasteiger partial charge in [0.15, 0.2) is 0 Å². The summed E-state index contributed by atoms with van der Waals surface area (Å²) >= 11 is 6.04. The maximum atomic E-state index is 6.04. The van der Waals surface area contributed by atoms with Gasteiger partial charge in [-0.05, 0) is 56.5 Å². The molecule has 0 amide bonds. The van der Waals surface area contributed by atoms with Crippen LogP contribution in [0.5, 0.6) is 0 Å². The normalized spacial score (nSPS) is 21.1. The quantitative estimate of drug-likeness (QED) is 0.907. The summed E-state index contributed by atoms with van der Waals surface area (Å²) in [4.78, 5) is 2.31. The molecule has 0 aliphatic carbocycles. The van der Waals surface area contributed by atoms with E-state index in [0.29, 0.717) is 12.6 Å². The number of nitrogens with two attached hydrogens (primary N) is 1. The molecular formula is C16H25ClN2O. The number of hydrogen-bond acceptors (Lipinski definition) is 3. The Morgan fingerprint density at radius 1 is 1.45 bits per heavy atom. The predicted octanol–water partition coefficient (Wildman–Crippen LogP) is 3.15. The average molecular weight is 297 g/mol. The average Bonchev–Trinajstić information content (AvgIpc) is 2.43. The molecule has 20 heavy (non-hydrogen) atoms. The Kier molecular flexibility index (Phi) is 5.85. The molecule has 1 heterocycles. The lowest BCUT2D eigenvalue weighted by molar-refractivity contribution is -0.00781. The van der Waals surface area contributed by atoms with Gasteiger partial charge < -0.3 is 10.5 Å². The number of hydrogen-bond donors (Lipinski definition) is 1. The van der Waals surface area contributed by atoms with Crippen LogP contribution in [-0.4, -0.2) is 37.7 Å². The highest BCUT2D eigenvalue weighted by Crippen LogP contribution is 2.26. The lowest BCUT2D eigenvalue weighted by Crippen LogP contribution is -2.38. The zero-order valence-corrected chi connectivity index (χ0v) is 13.2. The maximum absolute atomic E-state index is 6.04. The Morgan fingerprint density at radius 2 is 2.25 bits per heavy atom. The van der Waals surface area contributed by atoms with E-state index in [1.807, 2.05) is 12.1 Å². The van der Waals surface area contributed by atoms with Gasteiger partial charge in [0.05, 0.1) is 6.10 Å². The van der Waals surface area contributed by atoms with Crippen LogP contribution in [0.25, 0.3) is 0 Å². The molecule has 1 saturated heterocycles. The summed E-state index contributed by atoms with van der Waals surface area (Å²) in [6, 6.07) is 6.26. The molecular weight excluding hydrogens is 272 g/mol. The Labute approximate surface area is 127 Å². The summed E-state index contributed by atoms with van der Waals surface area (Å²) in [7, 11) is 2.13. The fourth-order valence-electron chi connectivity index (χ4n) is 2.96. The molecule has 3 nitrogen and oxygen atoms in total. The lowest BCUT2D eigenvalue weighted by Gasteiger charge is -2.33. The molecule has 0 spiro atoms. The van der Waals surface area contributed by atoms with Crippen LogP contribution in [0.3, 0.4) is 0 Å². The van der Waals surface area contributed by atoms with Crippen molar-refractivity contribution >= 4 is 11.6 Å². The van der Waals surface area contributed by atoms with Crippen molar-refractivity contribution in [3.8, 4) is 0 Å². The van der Waals surface area contributed by atoms with E-state index in [4.69, 9.17) is 22.1 Å². The summed E-state index contributed by atoms with van der Waals surface area (Å²) in [5.41, 5.74) is 8.46. The van der Waals surface area contributed by atoms with Crippen molar-refractivity contribution < 1.29 is 4.74 Å². The third-order valence-electron chi connectivity index (χ3n) is 4.11. The van der Waals surface area contributed by atoms with Crippen LogP contribution in [0.4, 0.5) is 0 Å². The highest BCUT2D eigenvalue weighted by atomic mass is 35.5. The number of halogens is 1. The van der Waals surface area contributed by atoms with E-state index in [-0.39, 0.29) is 6.04 Å². The molecule has 2 unspecified atom stereocenters. The Balaban J connectivity index is 2.06. The van der Waals surface area contributed by atoms with Gasteiger partial charge in [-0.1, -0.05) is 17.7 Å². The van der Waals surface area contributed by atoms with Crippen LogP contribution in [0.2, 0.25) is 5.02 Å². The molecule has 2 atom stereocenters. The maximum Gasteiger partial charge on any atom is 0.0702 e. The summed E-state index contributed by atoms with van der Waals surface area (Å²) in [6.45, 7) is 4.52. The minimum absolute atomic E-state index is 0.220. The highest BCUT2D eigenvalue weighted by molar-refractivity contribution is 6.30. The highest BCUT2D eigenvalue weighted by Gasteiger charge is 2.22. The number of ether oxygens (including phenoxy) is 1. The number of rotatable bonds is 5. The van der Waals surface area contributed by atoms with E-state index in [9.17, 15) is 0 Å². The molecule has 2 N–H and O–H groups in total. The number of likely N-dealkylation sites (N-methyl/N-ethyl adjacent to an activating group) is 1. The predicted molar refractivity (Wildman–Crippen MR) is 84.2 cm³/mol. The Bertz CT molecular complexity index is 432. The van der Waals surface area contributed by atoms with Gasteiger partial charge in [0.2, 0.25) is 0 Å². The van der Waals surface area contributed by atoms with Crippen molar-refractivity contribution in [2.45, 2.75) is 38.3 Å². The van der Waals surface area contributed by atoms with Crippen LogP contribution in [0, 0.1) is 6.92 Å². The third kappa shape index (κ3) is 3.95. The number of nitrogens with zero attached hydrogens (tertiary/aromatic N) is 1. The molecule has 0 saturated carbocycles. The molecule has 2 rings (SSSR count). The fourth-order valence-corrected chi connectivity index (χ4v) is 3.18. The molecule has 112 valence electrons. The van der Waals surface area contributed by atoms with E-state index >= 15 is 0 Å². The lowest BCUT2D eigenvalue weighted by atomic mass is 9.99. The fraction of sp³-hybridized carbons (Fsp3) is 0.625. The zero-order chi connectivity index (χ0) is 14.5. The Hall–Kier alpha value is -0.610. The van der Waals surface area contributed by atoms with E-state index in [1.165, 1.54) is 24.0 Å². The topological polar surface area (TPSA) is 38.5 Å². The van der Waals surface area contributed by atoms with Crippen molar-refractivity contribution in [1.29, 1.82) is 0 Å². The molecule has 1 fully saturated rings. The molecule has 1 aromatic carbocycles. The zero-order valence-electron chi connectivity index (χ0n) is 12.4. The third-order valence-corrected chi connectivity index (χ3v) is 4.35. The first-order valence-corrected chi connectivity index (χ1v) is 7.77. The minimum Gasteiger partial charge on any atom is -0.377 e. The van der Waals surface area contributed by atoms with Crippen molar-refractivity contribution in [2.24, 2.45) is 5.73 Å². The summed E-state index contributed by atoms with van der Waals surface area (Å²) in [5.74, 6) is 0. The smallest absolute Gasteiger partial charge is 0.0702 e. The molecule has 0 radical (unpaired) electrons. The largest absolute Gasteiger partial charge is 0.377 e. The van der Waals surface area contributed by atoms with E-state index < -0.39 is 0 Å². The Morgan fingerprint density at radius 3 is 2.85 bits per heavy atom. The van der Waals surface area contributed by atoms with Crippen molar-refractivity contribution in [2.75, 3.05) is 26.7 Å². The van der Waals surface area contributed by atoms with Crippen molar-refractivity contribution in [3.05, 3.63) is 34.3 Å². The molecule has 0 bridgehead atoms. The number of benzene rings is 1. The minimum atomic E-state index is 0.220. The van der Waals surface area contributed by atoms with Crippen LogP contribution >= 0.6 is 11.6 Å². The summed E-state index contributed by atoms with van der Waals surface area (Å²) < 4.78 is 5.82. The van der Waals surface area contributed by atoms with Gasteiger partial charge in [-0.2, -0.15) is 0 Å². The van der Waals surface area contributed by atoms with Crippen LogP contribution in [0.15, 0.2) is 18.2 Å². The van der Waals surface area contributed by atoms with Gasteiger partial charge in [0, 0.05) is 30.8 Å². The summed E-state index contributed by atoms with van der Waals surface area (Å²) in [6.07, 6.45) is 3.96.